The van der Waals surface area contributed by atoms with E-state index in [0.29, 0.717) is 22.9 Å². The fourth-order valence-corrected chi connectivity index (χ4v) is 3.57. The van der Waals surface area contributed by atoms with Crippen LogP contribution < -0.4 is 10.1 Å². The minimum Gasteiger partial charge on any atom is -0.462 e. The summed E-state index contributed by atoms with van der Waals surface area (Å²) < 4.78 is 33.7. The van der Waals surface area contributed by atoms with Gasteiger partial charge >= 0.3 is 0 Å². The number of carbonyl (C=O) groups excluding carboxylic acids is 1. The van der Waals surface area contributed by atoms with Gasteiger partial charge in [-0.15, -0.1) is 0 Å². The third-order valence-electron chi connectivity index (χ3n) is 5.19. The number of pyridine rings is 1. The van der Waals surface area contributed by atoms with Gasteiger partial charge in [0, 0.05) is 35.3 Å². The van der Waals surface area contributed by atoms with Gasteiger partial charge in [-0.05, 0) is 68.7 Å². The lowest BCUT2D eigenvalue weighted by Gasteiger charge is -2.30. The summed E-state index contributed by atoms with van der Waals surface area (Å²) in [6.07, 6.45) is 2.02. The maximum absolute atomic E-state index is 14.0. The van der Waals surface area contributed by atoms with Gasteiger partial charge in [0.25, 0.3) is 5.91 Å². The fraction of sp³-hybridized carbons (Fsp3) is 0.280. The Morgan fingerprint density at radius 1 is 1.09 bits per heavy atom. The second-order valence-electron chi connectivity index (χ2n) is 8.18. The molecule has 168 valence electrons. The van der Waals surface area contributed by atoms with Crippen molar-refractivity contribution in [2.75, 3.05) is 0 Å². The van der Waals surface area contributed by atoms with Crippen molar-refractivity contribution >= 4 is 17.5 Å². The van der Waals surface area contributed by atoms with Crippen molar-refractivity contribution in [1.82, 2.24) is 10.3 Å². The zero-order chi connectivity index (χ0) is 23.3. The second-order valence-corrected chi connectivity index (χ2v) is 8.62. The van der Waals surface area contributed by atoms with E-state index >= 15 is 0 Å². The van der Waals surface area contributed by atoms with Crippen LogP contribution in [0.25, 0.3) is 0 Å². The standard InChI is InChI=1S/C25H25ClF2N2O2/c1-16(30-24(31)25(2,3)32-23-6-4-5-11-29-23)22(12-17-7-9-19(26)10-8-17)18-13-20(27)15-21(28)14-18/h4-11,13-16,22H,12H2,1-3H3,(H,30,31). The Bertz CT molecular complexity index is 1040. The van der Waals surface area contributed by atoms with Crippen LogP contribution in [-0.4, -0.2) is 22.5 Å². The molecule has 1 amide bonds. The highest BCUT2D eigenvalue weighted by Crippen LogP contribution is 2.28. The number of hydrogen-bond acceptors (Lipinski definition) is 3. The van der Waals surface area contributed by atoms with Crippen molar-refractivity contribution in [3.8, 4) is 5.88 Å². The normalized spacial score (nSPS) is 13.3. The molecule has 4 nitrogen and oxygen atoms in total. The molecule has 0 saturated carbocycles. The Labute approximate surface area is 191 Å². The summed E-state index contributed by atoms with van der Waals surface area (Å²) in [6, 6.07) is 15.4. The highest BCUT2D eigenvalue weighted by atomic mass is 35.5. The number of amides is 1. The summed E-state index contributed by atoms with van der Waals surface area (Å²) in [5.41, 5.74) is 0.170. The van der Waals surface area contributed by atoms with E-state index in [1.54, 1.807) is 57.3 Å². The van der Waals surface area contributed by atoms with Gasteiger partial charge in [0.05, 0.1) is 0 Å². The van der Waals surface area contributed by atoms with E-state index in [1.807, 2.05) is 12.1 Å². The number of nitrogens with zero attached hydrogens (tertiary/aromatic N) is 1. The van der Waals surface area contributed by atoms with Gasteiger partial charge in [-0.1, -0.05) is 29.8 Å². The van der Waals surface area contributed by atoms with Crippen molar-refractivity contribution in [2.45, 2.75) is 44.8 Å². The first-order valence-corrected chi connectivity index (χ1v) is 10.6. The number of carbonyl (C=O) groups is 1. The molecular formula is C25H25ClF2N2O2. The quantitative estimate of drug-likeness (QED) is 0.471. The average Bonchev–Trinajstić information content (AvgIpc) is 2.72. The van der Waals surface area contributed by atoms with E-state index in [9.17, 15) is 13.6 Å². The molecule has 3 rings (SSSR count). The molecule has 3 aromatic rings. The third kappa shape index (κ3) is 6.26. The van der Waals surface area contributed by atoms with Crippen LogP contribution in [0.15, 0.2) is 66.9 Å². The molecule has 7 heteroatoms. The number of benzene rings is 2. The smallest absolute Gasteiger partial charge is 0.263 e. The molecule has 0 bridgehead atoms. The van der Waals surface area contributed by atoms with Crippen LogP contribution in [0.2, 0.25) is 5.02 Å². The maximum Gasteiger partial charge on any atom is 0.263 e. The predicted octanol–water partition coefficient (Wildman–Crippen LogP) is 5.70. The molecular weight excluding hydrogens is 434 g/mol. The van der Waals surface area contributed by atoms with Gasteiger partial charge in [-0.25, -0.2) is 13.8 Å². The highest BCUT2D eigenvalue weighted by molar-refractivity contribution is 6.30. The van der Waals surface area contributed by atoms with Crippen LogP contribution in [0, 0.1) is 11.6 Å². The summed E-state index contributed by atoms with van der Waals surface area (Å²) in [7, 11) is 0. The van der Waals surface area contributed by atoms with E-state index in [1.165, 1.54) is 12.1 Å². The van der Waals surface area contributed by atoms with E-state index < -0.39 is 29.2 Å². The lowest BCUT2D eigenvalue weighted by molar-refractivity contribution is -0.135. The van der Waals surface area contributed by atoms with Gasteiger partial charge in [-0.3, -0.25) is 4.79 Å². The van der Waals surface area contributed by atoms with Crippen LogP contribution in [0.4, 0.5) is 8.78 Å². The van der Waals surface area contributed by atoms with E-state index in [4.69, 9.17) is 16.3 Å². The molecule has 0 fully saturated rings. The molecule has 32 heavy (non-hydrogen) atoms. The molecule has 1 N–H and O–H groups in total. The van der Waals surface area contributed by atoms with Gasteiger partial charge in [0.15, 0.2) is 5.60 Å². The molecule has 0 aliphatic rings. The minimum atomic E-state index is -1.21. The SMILES string of the molecule is CC(NC(=O)C(C)(C)Oc1ccccn1)C(Cc1ccc(Cl)cc1)c1cc(F)cc(F)c1. The van der Waals surface area contributed by atoms with Crippen LogP contribution >= 0.6 is 11.6 Å². The fourth-order valence-electron chi connectivity index (χ4n) is 3.44. The van der Waals surface area contributed by atoms with Crippen LogP contribution in [0.1, 0.15) is 37.8 Å². The summed E-state index contributed by atoms with van der Waals surface area (Å²) >= 11 is 5.98. The molecule has 2 atom stereocenters. The third-order valence-corrected chi connectivity index (χ3v) is 5.44. The number of nitrogens with one attached hydrogen (secondary N) is 1. The zero-order valence-corrected chi connectivity index (χ0v) is 18.9. The molecule has 1 heterocycles. The Hall–Kier alpha value is -2.99. The van der Waals surface area contributed by atoms with Crippen molar-refractivity contribution < 1.29 is 18.3 Å². The summed E-state index contributed by atoms with van der Waals surface area (Å²) in [4.78, 5) is 17.1. The maximum atomic E-state index is 14.0. The highest BCUT2D eigenvalue weighted by Gasteiger charge is 2.33. The lowest BCUT2D eigenvalue weighted by Crippen LogP contribution is -2.51. The van der Waals surface area contributed by atoms with Crippen LogP contribution in [0.5, 0.6) is 5.88 Å². The summed E-state index contributed by atoms with van der Waals surface area (Å²) in [5, 5.41) is 3.54. The first kappa shape index (κ1) is 23.7. The molecule has 2 aromatic carbocycles. The Morgan fingerprint density at radius 3 is 2.34 bits per heavy atom. The zero-order valence-electron chi connectivity index (χ0n) is 18.1. The topological polar surface area (TPSA) is 51.2 Å². The second kappa shape index (κ2) is 10.1. The van der Waals surface area contributed by atoms with Crippen LogP contribution in [0.3, 0.4) is 0 Å². The monoisotopic (exact) mass is 458 g/mol. The number of hydrogen-bond donors (Lipinski definition) is 1. The van der Waals surface area contributed by atoms with Crippen molar-refractivity contribution in [3.05, 3.63) is 94.6 Å². The molecule has 1 aromatic heterocycles. The van der Waals surface area contributed by atoms with Crippen molar-refractivity contribution in [3.63, 3.8) is 0 Å². The average molecular weight is 459 g/mol. The number of ether oxygens (including phenoxy) is 1. The first-order chi connectivity index (χ1) is 15.1. The molecule has 0 aliphatic carbocycles. The van der Waals surface area contributed by atoms with Crippen molar-refractivity contribution in [1.29, 1.82) is 0 Å². The van der Waals surface area contributed by atoms with E-state index in [-0.39, 0.29) is 5.91 Å². The lowest BCUT2D eigenvalue weighted by atomic mass is 9.86. The summed E-state index contributed by atoms with van der Waals surface area (Å²) in [6.45, 7) is 5.08. The largest absolute Gasteiger partial charge is 0.462 e. The predicted molar refractivity (Wildman–Crippen MR) is 121 cm³/mol. The number of halogens is 3. The molecule has 0 spiro atoms. The summed E-state index contributed by atoms with van der Waals surface area (Å²) in [5.74, 6) is -1.77. The molecule has 2 unspecified atom stereocenters. The van der Waals surface area contributed by atoms with E-state index in [0.717, 1.165) is 11.6 Å². The Kier molecular flexibility index (Phi) is 7.46. The van der Waals surface area contributed by atoms with Crippen molar-refractivity contribution in [2.24, 2.45) is 0 Å². The van der Waals surface area contributed by atoms with Gasteiger partial charge in [0.2, 0.25) is 5.88 Å². The Balaban J connectivity index is 1.83. The number of rotatable bonds is 8. The van der Waals surface area contributed by atoms with Gasteiger partial charge in [-0.2, -0.15) is 0 Å². The van der Waals surface area contributed by atoms with E-state index in [2.05, 4.69) is 10.3 Å². The molecule has 0 aliphatic heterocycles. The molecule has 0 radical (unpaired) electrons. The van der Waals surface area contributed by atoms with Gasteiger partial charge < -0.3 is 10.1 Å². The molecule has 0 saturated heterocycles. The Morgan fingerprint density at radius 2 is 1.75 bits per heavy atom. The minimum absolute atomic E-state index is 0.324. The van der Waals surface area contributed by atoms with Crippen LogP contribution in [-0.2, 0) is 11.2 Å². The number of aromatic nitrogens is 1. The van der Waals surface area contributed by atoms with Gasteiger partial charge in [0.1, 0.15) is 11.6 Å². The first-order valence-electron chi connectivity index (χ1n) is 10.3.